The first-order chi connectivity index (χ1) is 15.7. The molecule has 1 aromatic heterocycles. The normalized spacial score (nSPS) is 14.3. The number of hydrogen-bond donors (Lipinski definition) is 3. The number of anilines is 2. The fourth-order valence-electron chi connectivity index (χ4n) is 4.30. The molecule has 2 aromatic carbocycles. The quantitative estimate of drug-likeness (QED) is 0.427. The van der Waals surface area contributed by atoms with E-state index in [1.165, 1.54) is 11.1 Å². The summed E-state index contributed by atoms with van der Waals surface area (Å²) in [6.45, 7) is 7.97. The Morgan fingerprint density at radius 1 is 1.03 bits per heavy atom. The number of nitrogens with zero attached hydrogens (tertiary/aromatic N) is 3. The number of benzene rings is 2. The largest absolute Gasteiger partial charge is 0.384 e. The fraction of sp³-hybridized carbons (Fsp3) is 0.423. The van der Waals surface area contributed by atoms with Crippen molar-refractivity contribution in [3.8, 4) is 11.3 Å². The summed E-state index contributed by atoms with van der Waals surface area (Å²) in [5.41, 5.74) is 11.3. The predicted octanol–water partition coefficient (Wildman–Crippen LogP) is 3.39. The van der Waals surface area contributed by atoms with Gasteiger partial charge in [0.25, 0.3) is 0 Å². The Balaban J connectivity index is 1.52. The number of pyridine rings is 1. The topological polar surface area (TPSA) is 69.5 Å². The van der Waals surface area contributed by atoms with Crippen LogP contribution >= 0.6 is 0 Å². The molecule has 0 spiro atoms. The first kappa shape index (κ1) is 22.5. The molecule has 0 unspecified atom stereocenters. The molecule has 1 aliphatic rings. The third kappa shape index (κ3) is 5.76. The van der Waals surface area contributed by atoms with E-state index in [1.54, 1.807) is 0 Å². The third-order valence-corrected chi connectivity index (χ3v) is 6.12. The van der Waals surface area contributed by atoms with Crippen molar-refractivity contribution in [3.63, 3.8) is 0 Å². The van der Waals surface area contributed by atoms with Gasteiger partial charge in [0.1, 0.15) is 0 Å². The standard InChI is InChI=1S/C26H36N6/c1-31(15-5-11-27)16-6-12-29-26-20-25(30-24-10-3-2-9-23(24)26)21-7-4-8-22(19-21)32-17-13-28-14-18-32/h2-4,7-10,19-20,28H,5-6,11-18,27H2,1H3,(H,29,30). The Morgan fingerprint density at radius 2 is 1.84 bits per heavy atom. The van der Waals surface area contributed by atoms with E-state index in [4.69, 9.17) is 10.7 Å². The molecule has 0 saturated carbocycles. The summed E-state index contributed by atoms with van der Waals surface area (Å²) in [6, 6.07) is 19.4. The van der Waals surface area contributed by atoms with Crippen LogP contribution in [0.2, 0.25) is 0 Å². The zero-order valence-electron chi connectivity index (χ0n) is 19.2. The summed E-state index contributed by atoms with van der Waals surface area (Å²) in [5, 5.41) is 8.28. The molecule has 2 heterocycles. The Bertz CT molecular complexity index is 999. The predicted molar refractivity (Wildman–Crippen MR) is 137 cm³/mol. The van der Waals surface area contributed by atoms with Crippen LogP contribution in [0, 0.1) is 0 Å². The van der Waals surface area contributed by atoms with Crippen molar-refractivity contribution in [1.29, 1.82) is 0 Å². The molecular weight excluding hydrogens is 396 g/mol. The lowest BCUT2D eigenvalue weighted by molar-refractivity contribution is 0.330. The first-order valence-electron chi connectivity index (χ1n) is 11.8. The maximum absolute atomic E-state index is 5.62. The summed E-state index contributed by atoms with van der Waals surface area (Å²) in [7, 11) is 2.17. The Morgan fingerprint density at radius 3 is 2.69 bits per heavy atom. The van der Waals surface area contributed by atoms with Crippen LogP contribution in [0.3, 0.4) is 0 Å². The second kappa shape index (κ2) is 11.3. The molecule has 0 atom stereocenters. The van der Waals surface area contributed by atoms with Gasteiger partial charge in [0.2, 0.25) is 0 Å². The van der Waals surface area contributed by atoms with Crippen molar-refractivity contribution in [2.75, 3.05) is 69.6 Å². The van der Waals surface area contributed by atoms with Crippen LogP contribution in [-0.2, 0) is 0 Å². The summed E-state index contributed by atoms with van der Waals surface area (Å²) in [6.07, 6.45) is 2.14. The molecule has 32 heavy (non-hydrogen) atoms. The lowest BCUT2D eigenvalue weighted by Crippen LogP contribution is -2.43. The molecule has 0 amide bonds. The van der Waals surface area contributed by atoms with Crippen molar-refractivity contribution < 1.29 is 0 Å². The van der Waals surface area contributed by atoms with Crippen LogP contribution in [0.1, 0.15) is 12.8 Å². The second-order valence-corrected chi connectivity index (χ2v) is 8.59. The molecule has 0 bridgehead atoms. The van der Waals surface area contributed by atoms with E-state index < -0.39 is 0 Å². The van der Waals surface area contributed by atoms with Crippen LogP contribution in [0.5, 0.6) is 0 Å². The highest BCUT2D eigenvalue weighted by molar-refractivity contribution is 5.93. The molecule has 1 aliphatic heterocycles. The van der Waals surface area contributed by atoms with Gasteiger partial charge in [-0.05, 0) is 63.8 Å². The van der Waals surface area contributed by atoms with Crippen LogP contribution < -0.4 is 21.3 Å². The van der Waals surface area contributed by atoms with Gasteiger partial charge < -0.3 is 26.2 Å². The average molecular weight is 433 g/mol. The van der Waals surface area contributed by atoms with E-state index in [9.17, 15) is 0 Å². The molecule has 0 radical (unpaired) electrons. The Kier molecular flexibility index (Phi) is 7.93. The van der Waals surface area contributed by atoms with Gasteiger partial charge in [-0.1, -0.05) is 30.3 Å². The lowest BCUT2D eigenvalue weighted by atomic mass is 10.1. The number of rotatable bonds is 10. The Labute approximate surface area is 191 Å². The molecule has 4 rings (SSSR count). The number of para-hydroxylation sites is 1. The zero-order chi connectivity index (χ0) is 22.2. The van der Waals surface area contributed by atoms with Crippen molar-refractivity contribution in [3.05, 3.63) is 54.6 Å². The second-order valence-electron chi connectivity index (χ2n) is 8.59. The third-order valence-electron chi connectivity index (χ3n) is 6.12. The van der Waals surface area contributed by atoms with Crippen molar-refractivity contribution >= 4 is 22.3 Å². The minimum absolute atomic E-state index is 0.754. The molecule has 1 fully saturated rings. The van der Waals surface area contributed by atoms with E-state index >= 15 is 0 Å². The molecular formula is C26H36N6. The van der Waals surface area contributed by atoms with Crippen LogP contribution in [0.4, 0.5) is 11.4 Å². The number of aromatic nitrogens is 1. The molecule has 6 heteroatoms. The maximum atomic E-state index is 5.62. The highest BCUT2D eigenvalue weighted by Gasteiger charge is 2.13. The maximum Gasteiger partial charge on any atom is 0.0731 e. The van der Waals surface area contributed by atoms with Gasteiger partial charge >= 0.3 is 0 Å². The number of nitrogens with one attached hydrogen (secondary N) is 2. The minimum atomic E-state index is 0.754. The molecule has 3 aromatic rings. The monoisotopic (exact) mass is 432 g/mol. The lowest BCUT2D eigenvalue weighted by Gasteiger charge is -2.29. The van der Waals surface area contributed by atoms with Gasteiger partial charge in [0.05, 0.1) is 11.2 Å². The number of fused-ring (bicyclic) bond motifs is 1. The van der Waals surface area contributed by atoms with E-state index in [1.807, 2.05) is 0 Å². The van der Waals surface area contributed by atoms with E-state index in [0.717, 1.165) is 87.7 Å². The van der Waals surface area contributed by atoms with Crippen molar-refractivity contribution in [2.24, 2.45) is 5.73 Å². The van der Waals surface area contributed by atoms with Gasteiger partial charge in [-0.25, -0.2) is 4.98 Å². The number of piperazine rings is 1. The Hall–Kier alpha value is -2.67. The van der Waals surface area contributed by atoms with Crippen molar-refractivity contribution in [2.45, 2.75) is 12.8 Å². The van der Waals surface area contributed by atoms with Crippen molar-refractivity contribution in [1.82, 2.24) is 15.2 Å². The summed E-state index contributed by atoms with van der Waals surface area (Å²) in [4.78, 5) is 9.79. The first-order valence-corrected chi connectivity index (χ1v) is 11.8. The number of nitrogens with two attached hydrogens (primary N) is 1. The minimum Gasteiger partial charge on any atom is -0.384 e. The van der Waals surface area contributed by atoms with Gasteiger partial charge in [-0.2, -0.15) is 0 Å². The van der Waals surface area contributed by atoms with Crippen LogP contribution in [0.25, 0.3) is 22.2 Å². The summed E-state index contributed by atoms with van der Waals surface area (Å²) < 4.78 is 0. The van der Waals surface area contributed by atoms with Gasteiger partial charge in [-0.15, -0.1) is 0 Å². The van der Waals surface area contributed by atoms with Crippen LogP contribution in [-0.4, -0.2) is 69.3 Å². The summed E-state index contributed by atoms with van der Waals surface area (Å²) in [5.74, 6) is 0. The molecule has 6 nitrogen and oxygen atoms in total. The average Bonchev–Trinajstić information content (AvgIpc) is 2.85. The van der Waals surface area contributed by atoms with Gasteiger partial charge in [-0.3, -0.25) is 0 Å². The number of hydrogen-bond acceptors (Lipinski definition) is 6. The molecule has 4 N–H and O–H groups in total. The molecule has 170 valence electrons. The van der Waals surface area contributed by atoms with Gasteiger partial charge in [0.15, 0.2) is 0 Å². The highest BCUT2D eigenvalue weighted by atomic mass is 15.2. The van der Waals surface area contributed by atoms with E-state index in [-0.39, 0.29) is 0 Å². The molecule has 1 saturated heterocycles. The zero-order valence-corrected chi connectivity index (χ0v) is 19.2. The van der Waals surface area contributed by atoms with E-state index in [0.29, 0.717) is 0 Å². The molecule has 0 aliphatic carbocycles. The van der Waals surface area contributed by atoms with Crippen LogP contribution in [0.15, 0.2) is 54.6 Å². The fourth-order valence-corrected chi connectivity index (χ4v) is 4.30. The van der Waals surface area contributed by atoms with E-state index in [2.05, 4.69) is 82.1 Å². The summed E-state index contributed by atoms with van der Waals surface area (Å²) >= 11 is 0. The van der Waals surface area contributed by atoms with Gasteiger partial charge in [0, 0.05) is 55.0 Å². The highest BCUT2D eigenvalue weighted by Crippen LogP contribution is 2.30. The SMILES string of the molecule is CN(CCCN)CCCNc1cc(-c2cccc(N3CCNCC3)c2)nc2ccccc12. The smallest absolute Gasteiger partial charge is 0.0731 e.